The van der Waals surface area contributed by atoms with E-state index in [-0.39, 0.29) is 0 Å². The molecule has 0 N–H and O–H groups in total. The number of aryl methyl sites for hydroxylation is 1. The van der Waals surface area contributed by atoms with E-state index in [0.29, 0.717) is 0 Å². The monoisotopic (exact) mass is 193 g/mol. The highest BCUT2D eigenvalue weighted by Crippen LogP contribution is 2.16. The molecule has 0 saturated carbocycles. The smallest absolute Gasteiger partial charge is 0.150 e. The van der Waals surface area contributed by atoms with E-state index >= 15 is 0 Å². The van der Waals surface area contributed by atoms with Gasteiger partial charge < -0.3 is 9.64 Å². The Morgan fingerprint density at radius 3 is 2.71 bits per heavy atom. The van der Waals surface area contributed by atoms with Gasteiger partial charge in [0.25, 0.3) is 0 Å². The van der Waals surface area contributed by atoms with E-state index in [1.165, 1.54) is 0 Å². The Bertz CT molecular complexity index is 297. The second-order valence-electron chi connectivity index (χ2n) is 3.28. The lowest BCUT2D eigenvalue weighted by molar-refractivity contribution is 0.122. The van der Waals surface area contributed by atoms with Gasteiger partial charge in [-0.05, 0) is 6.42 Å². The molecule has 0 aromatic carbocycles. The molecule has 0 spiro atoms. The van der Waals surface area contributed by atoms with Crippen LogP contribution in [-0.2, 0) is 11.2 Å². The highest BCUT2D eigenvalue weighted by Gasteiger charge is 2.15. The molecule has 1 aromatic heterocycles. The first kappa shape index (κ1) is 9.40. The molecule has 1 saturated heterocycles. The third kappa shape index (κ3) is 1.85. The lowest BCUT2D eigenvalue weighted by atomic mass is 10.3. The zero-order chi connectivity index (χ0) is 9.80. The largest absolute Gasteiger partial charge is 0.378 e. The van der Waals surface area contributed by atoms with Crippen LogP contribution in [0.3, 0.4) is 0 Å². The molecule has 2 heterocycles. The minimum absolute atomic E-state index is 0.791. The number of hydrogen-bond donors (Lipinski definition) is 0. The van der Waals surface area contributed by atoms with Crippen LogP contribution < -0.4 is 4.90 Å². The molecule has 14 heavy (non-hydrogen) atoms. The average molecular weight is 193 g/mol. The average Bonchev–Trinajstić information content (AvgIpc) is 2.30. The summed E-state index contributed by atoms with van der Waals surface area (Å²) >= 11 is 0. The zero-order valence-corrected chi connectivity index (χ0v) is 8.44. The highest BCUT2D eigenvalue weighted by atomic mass is 16.5. The molecule has 4 heteroatoms. The van der Waals surface area contributed by atoms with Gasteiger partial charge in [-0.15, -0.1) is 0 Å². The molecule has 0 aliphatic carbocycles. The van der Waals surface area contributed by atoms with Crippen LogP contribution >= 0.6 is 0 Å². The Morgan fingerprint density at radius 2 is 2.00 bits per heavy atom. The van der Waals surface area contributed by atoms with Crippen LogP contribution in [0, 0.1) is 0 Å². The Kier molecular flexibility index (Phi) is 2.93. The van der Waals surface area contributed by atoms with Crippen LogP contribution in [0.4, 0.5) is 5.82 Å². The fourth-order valence-corrected chi connectivity index (χ4v) is 1.65. The second kappa shape index (κ2) is 4.37. The Morgan fingerprint density at radius 1 is 1.29 bits per heavy atom. The summed E-state index contributed by atoms with van der Waals surface area (Å²) in [7, 11) is 0. The van der Waals surface area contributed by atoms with Crippen molar-refractivity contribution in [2.24, 2.45) is 0 Å². The van der Waals surface area contributed by atoms with Gasteiger partial charge in [-0.3, -0.25) is 4.98 Å². The van der Waals surface area contributed by atoms with Crippen molar-refractivity contribution in [3.8, 4) is 0 Å². The van der Waals surface area contributed by atoms with Crippen LogP contribution in [-0.4, -0.2) is 36.3 Å². The Labute approximate surface area is 83.9 Å². The van der Waals surface area contributed by atoms with Crippen LogP contribution in [0.15, 0.2) is 12.4 Å². The summed E-state index contributed by atoms with van der Waals surface area (Å²) in [6, 6.07) is 0. The van der Waals surface area contributed by atoms with Crippen molar-refractivity contribution in [1.82, 2.24) is 9.97 Å². The van der Waals surface area contributed by atoms with Crippen molar-refractivity contribution in [2.75, 3.05) is 31.2 Å². The first-order valence-electron chi connectivity index (χ1n) is 5.04. The van der Waals surface area contributed by atoms with Crippen molar-refractivity contribution >= 4 is 5.82 Å². The summed E-state index contributed by atoms with van der Waals surface area (Å²) in [6.45, 7) is 5.53. The maximum absolute atomic E-state index is 5.30. The van der Waals surface area contributed by atoms with Gasteiger partial charge in [0.2, 0.25) is 0 Å². The molecule has 76 valence electrons. The first-order valence-corrected chi connectivity index (χ1v) is 5.04. The van der Waals surface area contributed by atoms with Crippen molar-refractivity contribution in [3.63, 3.8) is 0 Å². The molecule has 4 nitrogen and oxygen atoms in total. The van der Waals surface area contributed by atoms with E-state index in [1.54, 1.807) is 12.4 Å². The van der Waals surface area contributed by atoms with E-state index in [0.717, 1.165) is 44.2 Å². The fourth-order valence-electron chi connectivity index (χ4n) is 1.65. The summed E-state index contributed by atoms with van der Waals surface area (Å²) in [4.78, 5) is 11.0. The molecular weight excluding hydrogens is 178 g/mol. The molecule has 0 radical (unpaired) electrons. The normalized spacial score (nSPS) is 17.1. The Hall–Kier alpha value is -1.16. The maximum Gasteiger partial charge on any atom is 0.150 e. The van der Waals surface area contributed by atoms with Gasteiger partial charge >= 0.3 is 0 Å². The standard InChI is InChI=1S/C10H15N3O/c1-2-9-10(12-4-3-11-9)13-5-7-14-8-6-13/h3-4H,2,5-8H2,1H3. The third-order valence-electron chi connectivity index (χ3n) is 2.40. The van der Waals surface area contributed by atoms with E-state index in [9.17, 15) is 0 Å². The summed E-state index contributed by atoms with van der Waals surface area (Å²) in [6.07, 6.45) is 4.44. The van der Waals surface area contributed by atoms with Gasteiger partial charge in [-0.25, -0.2) is 4.98 Å². The van der Waals surface area contributed by atoms with Crippen molar-refractivity contribution in [1.29, 1.82) is 0 Å². The summed E-state index contributed by atoms with van der Waals surface area (Å²) in [5.41, 5.74) is 1.08. The van der Waals surface area contributed by atoms with Gasteiger partial charge in [-0.2, -0.15) is 0 Å². The summed E-state index contributed by atoms with van der Waals surface area (Å²) in [5, 5.41) is 0. The summed E-state index contributed by atoms with van der Waals surface area (Å²) < 4.78 is 5.30. The number of nitrogens with zero attached hydrogens (tertiary/aromatic N) is 3. The lowest BCUT2D eigenvalue weighted by Crippen LogP contribution is -2.37. The van der Waals surface area contributed by atoms with Crippen LogP contribution in [0.5, 0.6) is 0 Å². The number of rotatable bonds is 2. The minimum Gasteiger partial charge on any atom is -0.378 e. The molecule has 1 fully saturated rings. The molecule has 0 atom stereocenters. The molecule has 1 aromatic rings. The molecule has 2 rings (SSSR count). The number of anilines is 1. The SMILES string of the molecule is CCc1nccnc1N1CCOCC1. The summed E-state index contributed by atoms with van der Waals surface area (Å²) in [5.74, 6) is 1.03. The minimum atomic E-state index is 0.791. The molecule has 0 amide bonds. The number of morpholine rings is 1. The van der Waals surface area contributed by atoms with E-state index in [1.807, 2.05) is 0 Å². The van der Waals surface area contributed by atoms with Gasteiger partial charge in [0, 0.05) is 25.5 Å². The van der Waals surface area contributed by atoms with Crippen LogP contribution in [0.2, 0.25) is 0 Å². The lowest BCUT2D eigenvalue weighted by Gasteiger charge is -2.28. The van der Waals surface area contributed by atoms with Gasteiger partial charge in [0.15, 0.2) is 0 Å². The number of ether oxygens (including phenoxy) is 1. The Balaban J connectivity index is 2.20. The topological polar surface area (TPSA) is 38.2 Å². The van der Waals surface area contributed by atoms with Gasteiger partial charge in [-0.1, -0.05) is 6.92 Å². The zero-order valence-electron chi connectivity index (χ0n) is 8.44. The van der Waals surface area contributed by atoms with E-state index < -0.39 is 0 Å². The molecule has 1 aliphatic rings. The molecule has 1 aliphatic heterocycles. The van der Waals surface area contributed by atoms with Crippen molar-refractivity contribution in [3.05, 3.63) is 18.1 Å². The number of aromatic nitrogens is 2. The highest BCUT2D eigenvalue weighted by molar-refractivity contribution is 5.43. The van der Waals surface area contributed by atoms with Crippen molar-refractivity contribution < 1.29 is 4.74 Å². The predicted molar refractivity (Wildman–Crippen MR) is 54.4 cm³/mol. The molecule has 0 unspecified atom stereocenters. The third-order valence-corrected chi connectivity index (χ3v) is 2.40. The molecule has 0 bridgehead atoms. The molecular formula is C10H15N3O. The van der Waals surface area contributed by atoms with E-state index in [4.69, 9.17) is 4.74 Å². The maximum atomic E-state index is 5.30. The fraction of sp³-hybridized carbons (Fsp3) is 0.600. The predicted octanol–water partition coefficient (Wildman–Crippen LogP) is 0.876. The first-order chi connectivity index (χ1) is 6.92. The second-order valence-corrected chi connectivity index (χ2v) is 3.28. The van der Waals surface area contributed by atoms with Crippen molar-refractivity contribution in [2.45, 2.75) is 13.3 Å². The van der Waals surface area contributed by atoms with Crippen LogP contribution in [0.1, 0.15) is 12.6 Å². The van der Waals surface area contributed by atoms with E-state index in [2.05, 4.69) is 21.8 Å². The quantitative estimate of drug-likeness (QED) is 0.698. The van der Waals surface area contributed by atoms with Gasteiger partial charge in [0.1, 0.15) is 5.82 Å². The van der Waals surface area contributed by atoms with Gasteiger partial charge in [0.05, 0.1) is 18.9 Å². The number of hydrogen-bond acceptors (Lipinski definition) is 4. The van der Waals surface area contributed by atoms with Crippen LogP contribution in [0.25, 0.3) is 0 Å².